The Labute approximate surface area is 115 Å². The molecule has 4 heteroatoms. The van der Waals surface area contributed by atoms with Gasteiger partial charge in [0, 0.05) is 20.0 Å². The standard InChI is InChI=1S/C15H24N2O2/c1-4-13-10-12(7-8-14(13)19-3)11-17(2)15(18)6-5-9-16/h7-8,10H,4-6,9,11,16H2,1-3H3. The molecule has 0 heterocycles. The van der Waals surface area contributed by atoms with Crippen molar-refractivity contribution in [2.45, 2.75) is 32.7 Å². The van der Waals surface area contributed by atoms with Crippen molar-refractivity contribution in [3.8, 4) is 5.75 Å². The molecule has 106 valence electrons. The summed E-state index contributed by atoms with van der Waals surface area (Å²) in [5.41, 5.74) is 7.71. The smallest absolute Gasteiger partial charge is 0.222 e. The van der Waals surface area contributed by atoms with Gasteiger partial charge in [0.2, 0.25) is 5.91 Å². The first kappa shape index (κ1) is 15.5. The molecule has 0 fully saturated rings. The van der Waals surface area contributed by atoms with Gasteiger partial charge >= 0.3 is 0 Å². The lowest BCUT2D eigenvalue weighted by Gasteiger charge is -2.18. The minimum atomic E-state index is 0.138. The second kappa shape index (κ2) is 7.79. The van der Waals surface area contributed by atoms with Gasteiger partial charge in [-0.05, 0) is 36.6 Å². The third-order valence-corrected chi connectivity index (χ3v) is 3.17. The molecule has 0 aromatic heterocycles. The summed E-state index contributed by atoms with van der Waals surface area (Å²) in [7, 11) is 3.51. The number of methoxy groups -OCH3 is 1. The Hall–Kier alpha value is -1.55. The number of hydrogen-bond donors (Lipinski definition) is 1. The molecule has 4 nitrogen and oxygen atoms in total. The topological polar surface area (TPSA) is 55.6 Å². The number of hydrogen-bond acceptors (Lipinski definition) is 3. The Morgan fingerprint density at radius 2 is 2.16 bits per heavy atom. The Morgan fingerprint density at radius 1 is 1.42 bits per heavy atom. The summed E-state index contributed by atoms with van der Waals surface area (Å²) < 4.78 is 5.30. The third kappa shape index (κ3) is 4.56. The molecule has 1 aromatic carbocycles. The van der Waals surface area contributed by atoms with Crippen molar-refractivity contribution in [1.29, 1.82) is 0 Å². The average Bonchev–Trinajstić information content (AvgIpc) is 2.44. The monoisotopic (exact) mass is 264 g/mol. The minimum absolute atomic E-state index is 0.138. The highest BCUT2D eigenvalue weighted by Crippen LogP contribution is 2.21. The summed E-state index contributed by atoms with van der Waals surface area (Å²) in [5.74, 6) is 1.04. The molecule has 1 amide bonds. The largest absolute Gasteiger partial charge is 0.496 e. The van der Waals surface area contributed by atoms with Gasteiger partial charge in [0.25, 0.3) is 0 Å². The Bertz CT molecular complexity index is 419. The Balaban J connectivity index is 2.68. The molecule has 0 bridgehead atoms. The van der Waals surface area contributed by atoms with E-state index in [0.717, 1.165) is 24.2 Å². The fourth-order valence-electron chi connectivity index (χ4n) is 2.01. The van der Waals surface area contributed by atoms with Crippen molar-refractivity contribution in [2.24, 2.45) is 5.73 Å². The van der Waals surface area contributed by atoms with Crippen LogP contribution in [0.4, 0.5) is 0 Å². The molecule has 2 N–H and O–H groups in total. The maximum absolute atomic E-state index is 11.8. The van der Waals surface area contributed by atoms with E-state index >= 15 is 0 Å². The summed E-state index contributed by atoms with van der Waals surface area (Å²) in [5, 5.41) is 0. The minimum Gasteiger partial charge on any atom is -0.496 e. The molecule has 0 saturated heterocycles. The van der Waals surface area contributed by atoms with E-state index in [-0.39, 0.29) is 5.91 Å². The lowest BCUT2D eigenvalue weighted by Crippen LogP contribution is -2.26. The van der Waals surface area contributed by atoms with Crippen LogP contribution in [0.5, 0.6) is 5.75 Å². The second-order valence-corrected chi connectivity index (χ2v) is 4.64. The van der Waals surface area contributed by atoms with Crippen LogP contribution < -0.4 is 10.5 Å². The summed E-state index contributed by atoms with van der Waals surface area (Å²) in [4.78, 5) is 13.6. The average molecular weight is 264 g/mol. The number of nitrogens with two attached hydrogens (primary N) is 1. The van der Waals surface area contributed by atoms with Crippen LogP contribution in [0.25, 0.3) is 0 Å². The normalized spacial score (nSPS) is 10.3. The molecular weight excluding hydrogens is 240 g/mol. The number of carbonyl (C=O) groups excluding carboxylic acids is 1. The van der Waals surface area contributed by atoms with E-state index < -0.39 is 0 Å². The van der Waals surface area contributed by atoms with Gasteiger partial charge < -0.3 is 15.4 Å². The zero-order valence-corrected chi connectivity index (χ0v) is 12.1. The fraction of sp³-hybridized carbons (Fsp3) is 0.533. The fourth-order valence-corrected chi connectivity index (χ4v) is 2.01. The molecule has 0 aliphatic carbocycles. The molecule has 0 aliphatic rings. The molecule has 0 radical (unpaired) electrons. The highest BCUT2D eigenvalue weighted by atomic mass is 16.5. The molecular formula is C15H24N2O2. The van der Waals surface area contributed by atoms with Gasteiger partial charge in [0.1, 0.15) is 5.75 Å². The maximum atomic E-state index is 11.8. The van der Waals surface area contributed by atoms with Crippen LogP contribution in [0, 0.1) is 0 Å². The van der Waals surface area contributed by atoms with Crippen molar-refractivity contribution in [3.63, 3.8) is 0 Å². The number of carbonyl (C=O) groups is 1. The molecule has 1 rings (SSSR count). The van der Waals surface area contributed by atoms with Gasteiger partial charge in [0.05, 0.1) is 7.11 Å². The number of nitrogens with zero attached hydrogens (tertiary/aromatic N) is 1. The third-order valence-electron chi connectivity index (χ3n) is 3.17. The summed E-state index contributed by atoms with van der Waals surface area (Å²) in [6.45, 7) is 3.28. The zero-order chi connectivity index (χ0) is 14.3. The van der Waals surface area contributed by atoms with Crippen molar-refractivity contribution in [1.82, 2.24) is 4.90 Å². The van der Waals surface area contributed by atoms with Crippen molar-refractivity contribution < 1.29 is 9.53 Å². The number of rotatable bonds is 7. The van der Waals surface area contributed by atoms with Crippen molar-refractivity contribution in [3.05, 3.63) is 29.3 Å². The molecule has 1 aromatic rings. The van der Waals surface area contributed by atoms with Crippen LogP contribution in [-0.2, 0) is 17.8 Å². The quantitative estimate of drug-likeness (QED) is 0.819. The second-order valence-electron chi connectivity index (χ2n) is 4.64. The summed E-state index contributed by atoms with van der Waals surface area (Å²) in [6, 6.07) is 6.07. The maximum Gasteiger partial charge on any atom is 0.222 e. The van der Waals surface area contributed by atoms with Crippen LogP contribution in [0.2, 0.25) is 0 Å². The highest BCUT2D eigenvalue weighted by Gasteiger charge is 2.10. The summed E-state index contributed by atoms with van der Waals surface area (Å²) >= 11 is 0. The van der Waals surface area contributed by atoms with E-state index in [4.69, 9.17) is 10.5 Å². The number of aryl methyl sites for hydroxylation is 1. The van der Waals surface area contributed by atoms with Crippen molar-refractivity contribution in [2.75, 3.05) is 20.7 Å². The van der Waals surface area contributed by atoms with Crippen LogP contribution in [0.15, 0.2) is 18.2 Å². The molecule has 0 aliphatic heterocycles. The van der Waals surface area contributed by atoms with Crippen LogP contribution >= 0.6 is 0 Å². The highest BCUT2D eigenvalue weighted by molar-refractivity contribution is 5.75. The van der Waals surface area contributed by atoms with Gasteiger partial charge in [-0.1, -0.05) is 19.1 Å². The number of amides is 1. The molecule has 0 saturated carbocycles. The Morgan fingerprint density at radius 3 is 2.74 bits per heavy atom. The number of benzene rings is 1. The first-order valence-electron chi connectivity index (χ1n) is 6.72. The molecule has 0 atom stereocenters. The van der Waals surface area contributed by atoms with E-state index in [0.29, 0.717) is 19.5 Å². The van der Waals surface area contributed by atoms with Crippen LogP contribution in [0.1, 0.15) is 30.9 Å². The predicted molar refractivity (Wildman–Crippen MR) is 77.1 cm³/mol. The van der Waals surface area contributed by atoms with Crippen LogP contribution in [-0.4, -0.2) is 31.5 Å². The van der Waals surface area contributed by atoms with Gasteiger partial charge in [-0.25, -0.2) is 0 Å². The molecule has 0 unspecified atom stereocenters. The van der Waals surface area contributed by atoms with Crippen molar-refractivity contribution >= 4 is 5.91 Å². The first-order valence-corrected chi connectivity index (χ1v) is 6.72. The van der Waals surface area contributed by atoms with E-state index in [1.807, 2.05) is 19.2 Å². The van der Waals surface area contributed by atoms with Gasteiger partial charge in [0.15, 0.2) is 0 Å². The predicted octanol–water partition coefficient (Wildman–Crippen LogP) is 1.95. The number of ether oxygens (including phenoxy) is 1. The first-order chi connectivity index (χ1) is 9.12. The van der Waals surface area contributed by atoms with Crippen LogP contribution in [0.3, 0.4) is 0 Å². The van der Waals surface area contributed by atoms with Gasteiger partial charge in [-0.2, -0.15) is 0 Å². The SMILES string of the molecule is CCc1cc(CN(C)C(=O)CCCN)ccc1OC. The molecule has 19 heavy (non-hydrogen) atoms. The summed E-state index contributed by atoms with van der Waals surface area (Å²) in [6.07, 6.45) is 2.18. The Kier molecular flexibility index (Phi) is 6.36. The lowest BCUT2D eigenvalue weighted by molar-refractivity contribution is -0.130. The molecule has 0 spiro atoms. The van der Waals surface area contributed by atoms with Gasteiger partial charge in [-0.3, -0.25) is 4.79 Å². The van der Waals surface area contributed by atoms with Gasteiger partial charge in [-0.15, -0.1) is 0 Å². The zero-order valence-electron chi connectivity index (χ0n) is 12.1. The van der Waals surface area contributed by atoms with E-state index in [1.54, 1.807) is 12.0 Å². The lowest BCUT2D eigenvalue weighted by atomic mass is 10.1. The van der Waals surface area contributed by atoms with E-state index in [2.05, 4.69) is 13.0 Å². The van der Waals surface area contributed by atoms with E-state index in [9.17, 15) is 4.79 Å². The van der Waals surface area contributed by atoms with E-state index in [1.165, 1.54) is 5.56 Å².